The van der Waals surface area contributed by atoms with Gasteiger partial charge in [-0.1, -0.05) is 13.3 Å². The lowest BCUT2D eigenvalue weighted by atomic mass is 10.1. The Hall–Kier alpha value is -0.370. The fourth-order valence-corrected chi connectivity index (χ4v) is 1.12. The second-order valence-electron chi connectivity index (χ2n) is 2.77. The normalized spacial score (nSPS) is 13.0. The van der Waals surface area contributed by atoms with Crippen molar-refractivity contribution in [1.82, 2.24) is 0 Å². The highest BCUT2D eigenvalue weighted by molar-refractivity contribution is 5.75. The molecule has 0 aromatic carbocycles. The standard InChI is InChI=1S/C9H18O2/c1-4-6-9(11-5-2)7-8(3)10/h9H,4-7H2,1-3H3. The Morgan fingerprint density at radius 2 is 2.09 bits per heavy atom. The minimum absolute atomic E-state index is 0.155. The summed E-state index contributed by atoms with van der Waals surface area (Å²) in [6, 6.07) is 0. The predicted octanol–water partition coefficient (Wildman–Crippen LogP) is 2.17. The average molecular weight is 158 g/mol. The van der Waals surface area contributed by atoms with Gasteiger partial charge in [0.1, 0.15) is 5.78 Å². The molecule has 0 bridgehead atoms. The van der Waals surface area contributed by atoms with E-state index in [-0.39, 0.29) is 11.9 Å². The van der Waals surface area contributed by atoms with Gasteiger partial charge in [0.05, 0.1) is 6.10 Å². The molecule has 0 aliphatic rings. The van der Waals surface area contributed by atoms with Gasteiger partial charge in [0.25, 0.3) is 0 Å². The number of Topliss-reactive ketones (excluding diaryl/α,β-unsaturated/α-hetero) is 1. The Balaban J connectivity index is 3.59. The third kappa shape index (κ3) is 6.05. The maximum Gasteiger partial charge on any atom is 0.132 e. The summed E-state index contributed by atoms with van der Waals surface area (Å²) in [4.78, 5) is 10.7. The molecule has 0 heterocycles. The molecular weight excluding hydrogens is 140 g/mol. The number of hydrogen-bond donors (Lipinski definition) is 0. The van der Waals surface area contributed by atoms with Gasteiger partial charge in [0, 0.05) is 13.0 Å². The third-order valence-electron chi connectivity index (χ3n) is 1.53. The average Bonchev–Trinajstić information content (AvgIpc) is 1.87. The number of ether oxygens (including phenoxy) is 1. The number of ketones is 1. The largest absolute Gasteiger partial charge is 0.378 e. The van der Waals surface area contributed by atoms with Crippen LogP contribution in [0.2, 0.25) is 0 Å². The third-order valence-corrected chi connectivity index (χ3v) is 1.53. The van der Waals surface area contributed by atoms with E-state index in [4.69, 9.17) is 4.74 Å². The minimum atomic E-state index is 0.155. The highest BCUT2D eigenvalue weighted by Gasteiger charge is 2.08. The molecule has 1 unspecified atom stereocenters. The van der Waals surface area contributed by atoms with Crippen molar-refractivity contribution in [3.05, 3.63) is 0 Å². The predicted molar refractivity (Wildman–Crippen MR) is 45.6 cm³/mol. The first kappa shape index (κ1) is 10.6. The molecule has 0 aromatic rings. The van der Waals surface area contributed by atoms with Crippen LogP contribution in [0.1, 0.15) is 40.0 Å². The summed E-state index contributed by atoms with van der Waals surface area (Å²) >= 11 is 0. The van der Waals surface area contributed by atoms with Gasteiger partial charge >= 0.3 is 0 Å². The van der Waals surface area contributed by atoms with E-state index in [1.165, 1.54) is 0 Å². The summed E-state index contributed by atoms with van der Waals surface area (Å²) in [5.41, 5.74) is 0. The molecule has 0 spiro atoms. The number of rotatable bonds is 6. The lowest BCUT2D eigenvalue weighted by Crippen LogP contribution is -2.15. The van der Waals surface area contributed by atoms with E-state index >= 15 is 0 Å². The summed E-state index contributed by atoms with van der Waals surface area (Å²) in [7, 11) is 0. The summed E-state index contributed by atoms with van der Waals surface area (Å²) in [5, 5.41) is 0. The van der Waals surface area contributed by atoms with Crippen molar-refractivity contribution >= 4 is 5.78 Å². The van der Waals surface area contributed by atoms with Gasteiger partial charge in [-0.2, -0.15) is 0 Å². The van der Waals surface area contributed by atoms with Gasteiger partial charge in [-0.25, -0.2) is 0 Å². The zero-order valence-electron chi connectivity index (χ0n) is 7.72. The van der Waals surface area contributed by atoms with E-state index in [0.29, 0.717) is 13.0 Å². The van der Waals surface area contributed by atoms with E-state index in [9.17, 15) is 4.79 Å². The molecule has 0 N–H and O–H groups in total. The Morgan fingerprint density at radius 1 is 1.45 bits per heavy atom. The van der Waals surface area contributed by atoms with E-state index in [0.717, 1.165) is 12.8 Å². The molecule has 0 aliphatic heterocycles. The summed E-state index contributed by atoms with van der Waals surface area (Å²) in [6.45, 7) is 6.38. The van der Waals surface area contributed by atoms with Crippen molar-refractivity contribution in [2.75, 3.05) is 6.61 Å². The van der Waals surface area contributed by atoms with Crippen molar-refractivity contribution < 1.29 is 9.53 Å². The summed E-state index contributed by atoms with van der Waals surface area (Å²) in [5.74, 6) is 0.219. The van der Waals surface area contributed by atoms with Crippen LogP contribution in [0.15, 0.2) is 0 Å². The molecule has 0 rings (SSSR count). The molecule has 0 fully saturated rings. The lowest BCUT2D eigenvalue weighted by Gasteiger charge is -2.13. The zero-order valence-corrected chi connectivity index (χ0v) is 7.72. The van der Waals surface area contributed by atoms with E-state index in [1.54, 1.807) is 6.92 Å². The fraction of sp³-hybridized carbons (Fsp3) is 0.889. The Labute approximate surface area is 68.9 Å². The van der Waals surface area contributed by atoms with Crippen LogP contribution in [0.4, 0.5) is 0 Å². The van der Waals surface area contributed by atoms with E-state index in [1.807, 2.05) is 6.92 Å². The van der Waals surface area contributed by atoms with Gasteiger partial charge in [-0.05, 0) is 20.3 Å². The second-order valence-corrected chi connectivity index (χ2v) is 2.77. The van der Waals surface area contributed by atoms with Gasteiger partial charge in [-0.15, -0.1) is 0 Å². The monoisotopic (exact) mass is 158 g/mol. The quantitative estimate of drug-likeness (QED) is 0.592. The van der Waals surface area contributed by atoms with Crippen LogP contribution in [-0.4, -0.2) is 18.5 Å². The molecule has 2 nitrogen and oxygen atoms in total. The topological polar surface area (TPSA) is 26.3 Å². The van der Waals surface area contributed by atoms with Crippen molar-refractivity contribution in [3.63, 3.8) is 0 Å². The Kier molecular flexibility index (Phi) is 6.13. The molecule has 0 saturated carbocycles. The van der Waals surface area contributed by atoms with E-state index < -0.39 is 0 Å². The summed E-state index contributed by atoms with van der Waals surface area (Å²) < 4.78 is 5.37. The number of carbonyl (C=O) groups is 1. The van der Waals surface area contributed by atoms with Gasteiger partial charge in [-0.3, -0.25) is 4.79 Å². The molecule has 2 heteroatoms. The molecule has 0 aliphatic carbocycles. The van der Waals surface area contributed by atoms with Crippen LogP contribution in [0.25, 0.3) is 0 Å². The molecular formula is C9H18O2. The molecule has 0 amide bonds. The highest BCUT2D eigenvalue weighted by Crippen LogP contribution is 2.06. The first-order valence-corrected chi connectivity index (χ1v) is 4.31. The molecule has 11 heavy (non-hydrogen) atoms. The molecule has 0 aromatic heterocycles. The Morgan fingerprint density at radius 3 is 2.45 bits per heavy atom. The van der Waals surface area contributed by atoms with Crippen molar-refractivity contribution in [3.8, 4) is 0 Å². The van der Waals surface area contributed by atoms with Crippen LogP contribution in [0.5, 0.6) is 0 Å². The highest BCUT2D eigenvalue weighted by atomic mass is 16.5. The van der Waals surface area contributed by atoms with Crippen LogP contribution in [0, 0.1) is 0 Å². The maximum absolute atomic E-state index is 10.7. The minimum Gasteiger partial charge on any atom is -0.378 e. The Bertz CT molecular complexity index is 104. The van der Waals surface area contributed by atoms with Gasteiger partial charge in [0.2, 0.25) is 0 Å². The molecule has 66 valence electrons. The lowest BCUT2D eigenvalue weighted by molar-refractivity contribution is -0.119. The number of hydrogen-bond acceptors (Lipinski definition) is 2. The zero-order chi connectivity index (χ0) is 8.69. The molecule has 0 radical (unpaired) electrons. The van der Waals surface area contributed by atoms with Crippen LogP contribution < -0.4 is 0 Å². The molecule has 0 saturated heterocycles. The number of carbonyl (C=O) groups excluding carboxylic acids is 1. The maximum atomic E-state index is 10.7. The van der Waals surface area contributed by atoms with Crippen molar-refractivity contribution in [2.45, 2.75) is 46.1 Å². The van der Waals surface area contributed by atoms with Crippen LogP contribution in [0.3, 0.4) is 0 Å². The molecule has 1 atom stereocenters. The smallest absolute Gasteiger partial charge is 0.132 e. The van der Waals surface area contributed by atoms with Crippen molar-refractivity contribution in [1.29, 1.82) is 0 Å². The first-order chi connectivity index (χ1) is 5.20. The second kappa shape index (κ2) is 6.35. The van der Waals surface area contributed by atoms with Gasteiger partial charge < -0.3 is 4.74 Å². The van der Waals surface area contributed by atoms with Crippen LogP contribution in [-0.2, 0) is 9.53 Å². The SMILES string of the molecule is CCCC(CC(C)=O)OCC. The van der Waals surface area contributed by atoms with Crippen molar-refractivity contribution in [2.24, 2.45) is 0 Å². The van der Waals surface area contributed by atoms with Gasteiger partial charge in [0.15, 0.2) is 0 Å². The van der Waals surface area contributed by atoms with Crippen LogP contribution >= 0.6 is 0 Å². The first-order valence-electron chi connectivity index (χ1n) is 4.31. The fourth-order valence-electron chi connectivity index (χ4n) is 1.12. The summed E-state index contributed by atoms with van der Waals surface area (Å²) in [6.07, 6.45) is 2.80. The van der Waals surface area contributed by atoms with E-state index in [2.05, 4.69) is 6.92 Å².